The van der Waals surface area contributed by atoms with Crippen molar-refractivity contribution >= 4 is 11.8 Å². The molecule has 5 nitrogen and oxygen atoms in total. The molecule has 0 bridgehead atoms. The molecule has 1 aliphatic carbocycles. The number of rotatable bonds is 5. The van der Waals surface area contributed by atoms with E-state index in [0.717, 1.165) is 42.5 Å². The zero-order valence-electron chi connectivity index (χ0n) is 19.4. The summed E-state index contributed by atoms with van der Waals surface area (Å²) >= 11 is 0. The lowest BCUT2D eigenvalue weighted by molar-refractivity contribution is -0.133. The van der Waals surface area contributed by atoms with Crippen LogP contribution in [0.1, 0.15) is 54.2 Å². The number of carbonyl (C=O) groups excluding carboxylic acids is 2. The molecule has 1 aliphatic heterocycles. The number of carbonyl (C=O) groups is 2. The third-order valence-corrected chi connectivity index (χ3v) is 7.22. The van der Waals surface area contributed by atoms with Crippen LogP contribution in [-0.2, 0) is 17.9 Å². The highest BCUT2D eigenvalue weighted by molar-refractivity contribution is 6.00. The van der Waals surface area contributed by atoms with Gasteiger partial charge in [0, 0.05) is 18.3 Å². The monoisotopic (exact) mass is 441 g/mol. The van der Waals surface area contributed by atoms with Crippen molar-refractivity contribution in [3.63, 3.8) is 0 Å². The molecule has 1 fully saturated rings. The molecule has 0 saturated heterocycles. The molecule has 5 heteroatoms. The Labute approximate surface area is 195 Å². The summed E-state index contributed by atoms with van der Waals surface area (Å²) in [5.74, 6) is -0.165. The largest absolute Gasteiger partial charge is 0.351 e. The molecule has 1 N–H and O–H groups in total. The third kappa shape index (κ3) is 3.97. The molecule has 170 valence electrons. The topological polar surface area (TPSA) is 54.3 Å². The van der Waals surface area contributed by atoms with E-state index in [1.807, 2.05) is 73.0 Å². The van der Waals surface area contributed by atoms with E-state index in [9.17, 15) is 9.59 Å². The van der Waals surface area contributed by atoms with E-state index in [0.29, 0.717) is 18.8 Å². The summed E-state index contributed by atoms with van der Waals surface area (Å²) in [5, 5.41) is 3.27. The van der Waals surface area contributed by atoms with Gasteiger partial charge in [-0.25, -0.2) is 0 Å². The third-order valence-electron chi connectivity index (χ3n) is 7.22. The smallest absolute Gasteiger partial charge is 0.271 e. The quantitative estimate of drug-likeness (QED) is 0.610. The van der Waals surface area contributed by atoms with Gasteiger partial charge in [0.15, 0.2) is 0 Å². The van der Waals surface area contributed by atoms with Gasteiger partial charge >= 0.3 is 0 Å². The average Bonchev–Trinajstić information content (AvgIpc) is 3.48. The molecule has 1 atom stereocenters. The molecule has 3 aromatic rings. The molecule has 0 unspecified atom stereocenters. The zero-order valence-corrected chi connectivity index (χ0v) is 19.4. The van der Waals surface area contributed by atoms with E-state index in [1.54, 1.807) is 4.90 Å². The molecule has 33 heavy (non-hydrogen) atoms. The van der Waals surface area contributed by atoms with Gasteiger partial charge in [-0.05, 0) is 49.9 Å². The van der Waals surface area contributed by atoms with Gasteiger partial charge in [-0.15, -0.1) is 0 Å². The summed E-state index contributed by atoms with van der Waals surface area (Å²) in [6.07, 6.45) is 4.32. The number of benzene rings is 2. The maximum absolute atomic E-state index is 13.8. The highest BCUT2D eigenvalue weighted by Crippen LogP contribution is 2.34. The molecule has 2 aliphatic rings. The number of aryl methyl sites for hydroxylation is 1. The van der Waals surface area contributed by atoms with Crippen molar-refractivity contribution in [3.05, 3.63) is 83.6 Å². The van der Waals surface area contributed by atoms with Crippen LogP contribution in [-0.4, -0.2) is 32.9 Å². The van der Waals surface area contributed by atoms with Crippen molar-refractivity contribution in [2.24, 2.45) is 0 Å². The normalized spacial score (nSPS) is 20.7. The lowest BCUT2D eigenvalue weighted by atomic mass is 9.93. The van der Waals surface area contributed by atoms with Crippen LogP contribution in [0.4, 0.5) is 0 Å². The highest BCUT2D eigenvalue weighted by atomic mass is 16.2. The fraction of sp³-hybridized carbons (Fsp3) is 0.357. The van der Waals surface area contributed by atoms with Crippen LogP contribution in [0, 0.1) is 6.92 Å². The highest BCUT2D eigenvalue weighted by Gasteiger charge is 2.48. The van der Waals surface area contributed by atoms with Gasteiger partial charge in [-0.1, -0.05) is 73.0 Å². The van der Waals surface area contributed by atoms with Crippen molar-refractivity contribution in [3.8, 4) is 11.3 Å². The number of amides is 2. The first kappa shape index (κ1) is 21.5. The summed E-state index contributed by atoms with van der Waals surface area (Å²) in [5.41, 5.74) is 3.85. The lowest BCUT2D eigenvalue weighted by Gasteiger charge is -2.45. The van der Waals surface area contributed by atoms with E-state index in [2.05, 4.69) is 17.4 Å². The molecular formula is C28H31N3O2. The first-order valence-electron chi connectivity index (χ1n) is 11.9. The van der Waals surface area contributed by atoms with E-state index >= 15 is 0 Å². The average molecular weight is 442 g/mol. The number of fused-ring (bicyclic) bond motifs is 1. The minimum Gasteiger partial charge on any atom is -0.351 e. The number of hydrogen-bond donors (Lipinski definition) is 1. The minimum absolute atomic E-state index is 0.0618. The molecular weight excluding hydrogens is 410 g/mol. The minimum atomic E-state index is -0.986. The lowest BCUT2D eigenvalue weighted by Crippen LogP contribution is -2.64. The van der Waals surface area contributed by atoms with Crippen LogP contribution < -0.4 is 5.32 Å². The fourth-order valence-corrected chi connectivity index (χ4v) is 5.17. The predicted molar refractivity (Wildman–Crippen MR) is 130 cm³/mol. The van der Waals surface area contributed by atoms with Crippen molar-refractivity contribution in [2.75, 3.05) is 0 Å². The first-order chi connectivity index (χ1) is 16.0. The molecule has 5 rings (SSSR count). The van der Waals surface area contributed by atoms with Gasteiger partial charge < -0.3 is 14.8 Å². The van der Waals surface area contributed by atoms with Crippen LogP contribution in [0.25, 0.3) is 11.3 Å². The van der Waals surface area contributed by atoms with Crippen LogP contribution in [0.2, 0.25) is 0 Å². The van der Waals surface area contributed by atoms with Gasteiger partial charge in [0.25, 0.3) is 5.91 Å². The van der Waals surface area contributed by atoms with Gasteiger partial charge in [-0.2, -0.15) is 0 Å². The van der Waals surface area contributed by atoms with Gasteiger partial charge in [0.2, 0.25) is 5.91 Å². The fourth-order valence-electron chi connectivity index (χ4n) is 5.17. The van der Waals surface area contributed by atoms with Crippen LogP contribution >= 0.6 is 0 Å². The molecule has 0 spiro atoms. The summed E-state index contributed by atoms with van der Waals surface area (Å²) < 4.78 is 2.03. The SMILES string of the molecule is Cc1ccc(CN2C(=O)c3ccc(-c4ccccc4)n3C[C@]2(C)C(=O)NC2CCCC2)cc1. The summed E-state index contributed by atoms with van der Waals surface area (Å²) in [6, 6.07) is 22.3. The van der Waals surface area contributed by atoms with Crippen molar-refractivity contribution < 1.29 is 9.59 Å². The number of aromatic nitrogens is 1. The molecule has 2 amide bonds. The Bertz CT molecular complexity index is 1160. The summed E-state index contributed by atoms with van der Waals surface area (Å²) in [7, 11) is 0. The Hall–Kier alpha value is -3.34. The van der Waals surface area contributed by atoms with Crippen LogP contribution in [0.3, 0.4) is 0 Å². The first-order valence-corrected chi connectivity index (χ1v) is 11.9. The second kappa shape index (κ2) is 8.54. The van der Waals surface area contributed by atoms with Crippen LogP contribution in [0.15, 0.2) is 66.7 Å². The predicted octanol–water partition coefficient (Wildman–Crippen LogP) is 4.94. The molecule has 1 saturated carbocycles. The Kier molecular flexibility index (Phi) is 5.57. The van der Waals surface area contributed by atoms with Gasteiger partial charge in [0.05, 0.1) is 6.54 Å². The number of hydrogen-bond acceptors (Lipinski definition) is 2. The Balaban J connectivity index is 1.54. The van der Waals surface area contributed by atoms with Gasteiger partial charge in [-0.3, -0.25) is 9.59 Å². The Morgan fingerprint density at radius 3 is 2.33 bits per heavy atom. The molecule has 2 heterocycles. The standard InChI is InChI=1S/C28H31N3O2/c1-20-12-14-21(15-13-20)18-31-26(32)25-17-16-24(22-8-4-3-5-9-22)30(25)19-28(31,2)27(33)29-23-10-6-7-11-23/h3-5,8-9,12-17,23H,6-7,10-11,18-19H2,1-2H3,(H,29,33)/t28-/m1/s1. The Morgan fingerprint density at radius 1 is 0.970 bits per heavy atom. The van der Waals surface area contributed by atoms with Crippen molar-refractivity contribution in [2.45, 2.75) is 64.2 Å². The second-order valence-electron chi connectivity index (χ2n) is 9.66. The van der Waals surface area contributed by atoms with E-state index < -0.39 is 5.54 Å². The van der Waals surface area contributed by atoms with Crippen LogP contribution in [0.5, 0.6) is 0 Å². The van der Waals surface area contributed by atoms with Crippen molar-refractivity contribution in [1.29, 1.82) is 0 Å². The van der Waals surface area contributed by atoms with E-state index in [4.69, 9.17) is 0 Å². The molecule has 1 aromatic heterocycles. The Morgan fingerprint density at radius 2 is 1.64 bits per heavy atom. The maximum Gasteiger partial charge on any atom is 0.271 e. The number of nitrogens with one attached hydrogen (secondary N) is 1. The molecule has 0 radical (unpaired) electrons. The zero-order chi connectivity index (χ0) is 23.0. The molecule has 2 aromatic carbocycles. The van der Waals surface area contributed by atoms with Crippen molar-refractivity contribution in [1.82, 2.24) is 14.8 Å². The maximum atomic E-state index is 13.8. The second-order valence-corrected chi connectivity index (χ2v) is 9.66. The van der Waals surface area contributed by atoms with E-state index in [-0.39, 0.29) is 17.9 Å². The van der Waals surface area contributed by atoms with Gasteiger partial charge in [0.1, 0.15) is 11.2 Å². The van der Waals surface area contributed by atoms with E-state index in [1.165, 1.54) is 5.56 Å². The summed E-state index contributed by atoms with van der Waals surface area (Å²) in [4.78, 5) is 29.3. The summed E-state index contributed by atoms with van der Waals surface area (Å²) in [6.45, 7) is 4.79. The number of nitrogens with zero attached hydrogens (tertiary/aromatic N) is 2.